The summed E-state index contributed by atoms with van der Waals surface area (Å²) >= 11 is 0. The van der Waals surface area contributed by atoms with Crippen LogP contribution in [0.1, 0.15) is 44.6 Å². The molecule has 0 unspecified atom stereocenters. The summed E-state index contributed by atoms with van der Waals surface area (Å²) in [6.07, 6.45) is 2.66. The highest BCUT2D eigenvalue weighted by Gasteiger charge is 2.30. The van der Waals surface area contributed by atoms with E-state index in [1.807, 2.05) is 22.9 Å². The number of imidazole rings is 1. The summed E-state index contributed by atoms with van der Waals surface area (Å²) in [6, 6.07) is 12.8. The lowest BCUT2D eigenvalue weighted by Gasteiger charge is -2.32. The van der Waals surface area contributed by atoms with E-state index < -0.39 is 0 Å². The van der Waals surface area contributed by atoms with Crippen LogP contribution in [0.3, 0.4) is 0 Å². The largest absolute Gasteiger partial charge is 0.383 e. The van der Waals surface area contributed by atoms with Crippen LogP contribution in [0.5, 0.6) is 0 Å². The number of nitrogens with zero attached hydrogens (tertiary/aromatic N) is 2. The Balaban J connectivity index is 1.97. The topological polar surface area (TPSA) is 65.1 Å². The predicted octanol–water partition coefficient (Wildman–Crippen LogP) is 4.92. The van der Waals surface area contributed by atoms with E-state index in [1.165, 1.54) is 24.3 Å². The number of rotatable bonds is 10. The molecule has 0 bridgehead atoms. The molecule has 3 rings (SSSR count). The van der Waals surface area contributed by atoms with E-state index in [2.05, 4.69) is 26.1 Å². The van der Waals surface area contributed by atoms with Crippen molar-refractivity contribution in [3.63, 3.8) is 0 Å². The van der Waals surface area contributed by atoms with Gasteiger partial charge < -0.3 is 20.4 Å². The normalized spacial score (nSPS) is 13.8. The fourth-order valence-corrected chi connectivity index (χ4v) is 3.90. The van der Waals surface area contributed by atoms with Crippen molar-refractivity contribution in [2.45, 2.75) is 45.8 Å². The van der Waals surface area contributed by atoms with Crippen molar-refractivity contribution >= 4 is 0 Å². The van der Waals surface area contributed by atoms with E-state index in [4.69, 9.17) is 15.5 Å². The molecular weight excluding hydrogens is 422 g/mol. The van der Waals surface area contributed by atoms with Crippen molar-refractivity contribution < 1.29 is 13.5 Å². The number of nitrogens with one attached hydrogen (secondary N) is 1. The van der Waals surface area contributed by atoms with E-state index >= 15 is 0 Å². The van der Waals surface area contributed by atoms with Gasteiger partial charge in [-0.05, 0) is 48.2 Å². The molecule has 2 aromatic carbocycles. The van der Waals surface area contributed by atoms with Crippen LogP contribution >= 0.6 is 0 Å². The Morgan fingerprint density at radius 2 is 1.79 bits per heavy atom. The zero-order valence-electron chi connectivity index (χ0n) is 19.8. The van der Waals surface area contributed by atoms with Gasteiger partial charge in [-0.15, -0.1) is 0 Å². The zero-order valence-corrected chi connectivity index (χ0v) is 19.8. The van der Waals surface area contributed by atoms with Crippen molar-refractivity contribution in [2.24, 2.45) is 11.1 Å². The minimum absolute atomic E-state index is 0.0574. The maximum Gasteiger partial charge on any atom is 0.127 e. The van der Waals surface area contributed by atoms with Crippen LogP contribution < -0.4 is 11.1 Å². The highest BCUT2D eigenvalue weighted by atomic mass is 19.1. The lowest BCUT2D eigenvalue weighted by molar-refractivity contribution is 0.174. The monoisotopic (exact) mass is 456 g/mol. The lowest BCUT2D eigenvalue weighted by atomic mass is 9.86. The SMILES string of the molecule is COC[C@@H](N)CCN[C@@H](c1nc(-c2cccc(F)c2)cn1Cc1cccc(F)c1)C(C)(C)C. The first-order chi connectivity index (χ1) is 15.7. The van der Waals surface area contributed by atoms with Crippen LogP contribution in [0.25, 0.3) is 11.3 Å². The second kappa shape index (κ2) is 11.0. The minimum atomic E-state index is -0.314. The van der Waals surface area contributed by atoms with Gasteiger partial charge in [-0.1, -0.05) is 45.0 Å². The number of hydrogen-bond donors (Lipinski definition) is 2. The van der Waals surface area contributed by atoms with Crippen LogP contribution in [0.2, 0.25) is 0 Å². The third kappa shape index (κ3) is 6.93. The maximum atomic E-state index is 13.9. The molecular formula is C26H34F2N4O. The number of nitrogens with two attached hydrogens (primary N) is 1. The van der Waals surface area contributed by atoms with Crippen LogP contribution in [0.4, 0.5) is 8.78 Å². The van der Waals surface area contributed by atoms with Gasteiger partial charge in [0.05, 0.1) is 18.3 Å². The number of ether oxygens (including phenoxy) is 1. The Kier molecular flexibility index (Phi) is 8.35. The molecule has 3 aromatic rings. The molecule has 5 nitrogen and oxygen atoms in total. The fourth-order valence-electron chi connectivity index (χ4n) is 3.90. The first-order valence-electron chi connectivity index (χ1n) is 11.2. The van der Waals surface area contributed by atoms with Gasteiger partial charge in [-0.3, -0.25) is 0 Å². The third-order valence-electron chi connectivity index (χ3n) is 5.54. The molecule has 178 valence electrons. The van der Waals surface area contributed by atoms with Gasteiger partial charge in [-0.2, -0.15) is 0 Å². The van der Waals surface area contributed by atoms with Gasteiger partial charge in [0, 0.05) is 31.5 Å². The second-order valence-corrected chi connectivity index (χ2v) is 9.51. The molecule has 3 N–H and O–H groups in total. The number of methoxy groups -OCH3 is 1. The molecule has 0 aliphatic rings. The highest BCUT2D eigenvalue weighted by Crippen LogP contribution is 2.34. The number of halogens is 2. The molecule has 0 amide bonds. The summed E-state index contributed by atoms with van der Waals surface area (Å²) in [5.74, 6) is 0.217. The van der Waals surface area contributed by atoms with Gasteiger partial charge >= 0.3 is 0 Å². The first-order valence-corrected chi connectivity index (χ1v) is 11.2. The van der Waals surface area contributed by atoms with Gasteiger partial charge in [-0.25, -0.2) is 13.8 Å². The first kappa shape index (κ1) is 25.0. The molecule has 0 fully saturated rings. The van der Waals surface area contributed by atoms with Crippen molar-refractivity contribution in [3.05, 3.63) is 77.8 Å². The van der Waals surface area contributed by atoms with Gasteiger partial charge in [0.1, 0.15) is 17.5 Å². The van der Waals surface area contributed by atoms with Crippen molar-refractivity contribution in [1.29, 1.82) is 0 Å². The Labute approximate surface area is 195 Å². The van der Waals surface area contributed by atoms with Gasteiger partial charge in [0.2, 0.25) is 0 Å². The summed E-state index contributed by atoms with van der Waals surface area (Å²) in [5.41, 5.74) is 8.13. The summed E-state index contributed by atoms with van der Waals surface area (Å²) in [7, 11) is 1.64. The number of benzene rings is 2. The Morgan fingerprint density at radius 3 is 2.42 bits per heavy atom. The van der Waals surface area contributed by atoms with Gasteiger partial charge in [0.25, 0.3) is 0 Å². The third-order valence-corrected chi connectivity index (χ3v) is 5.54. The van der Waals surface area contributed by atoms with E-state index in [-0.39, 0.29) is 29.1 Å². The predicted molar refractivity (Wildman–Crippen MR) is 128 cm³/mol. The van der Waals surface area contributed by atoms with Crippen molar-refractivity contribution in [2.75, 3.05) is 20.3 Å². The van der Waals surface area contributed by atoms with Crippen molar-refractivity contribution in [1.82, 2.24) is 14.9 Å². The fraction of sp³-hybridized carbons (Fsp3) is 0.423. The van der Waals surface area contributed by atoms with Crippen LogP contribution in [0.15, 0.2) is 54.7 Å². The summed E-state index contributed by atoms with van der Waals surface area (Å²) in [6.45, 7) is 8.07. The Bertz CT molecular complexity index is 1040. The maximum absolute atomic E-state index is 13.9. The van der Waals surface area contributed by atoms with Crippen molar-refractivity contribution in [3.8, 4) is 11.3 Å². The second-order valence-electron chi connectivity index (χ2n) is 9.51. The van der Waals surface area contributed by atoms with Crippen LogP contribution in [0, 0.1) is 17.0 Å². The molecule has 33 heavy (non-hydrogen) atoms. The Morgan fingerprint density at radius 1 is 1.09 bits per heavy atom. The molecule has 0 saturated heterocycles. The zero-order chi connectivity index (χ0) is 24.0. The number of hydrogen-bond acceptors (Lipinski definition) is 4. The summed E-state index contributed by atoms with van der Waals surface area (Å²) in [4.78, 5) is 4.93. The quantitative estimate of drug-likeness (QED) is 0.455. The molecule has 0 aliphatic carbocycles. The average Bonchev–Trinajstić information content (AvgIpc) is 3.13. The van der Waals surface area contributed by atoms with Crippen LogP contribution in [-0.2, 0) is 11.3 Å². The number of aromatic nitrogens is 2. The molecule has 7 heteroatoms. The van der Waals surface area contributed by atoms with E-state index in [0.717, 1.165) is 17.8 Å². The molecule has 0 radical (unpaired) electrons. The summed E-state index contributed by atoms with van der Waals surface area (Å²) in [5, 5.41) is 3.61. The minimum Gasteiger partial charge on any atom is -0.383 e. The highest BCUT2D eigenvalue weighted by molar-refractivity contribution is 5.58. The molecule has 1 aromatic heterocycles. The standard InChI is InChI=1S/C26H34F2N4O/c1-26(2,3)24(30-12-11-22(29)17-33-4)25-31-23(19-8-6-10-21(28)14-19)16-32(25)15-18-7-5-9-20(27)13-18/h5-10,13-14,16,22,24,30H,11-12,15,17,29H2,1-4H3/t22-,24-/m0/s1. The van der Waals surface area contributed by atoms with E-state index in [0.29, 0.717) is 31.0 Å². The van der Waals surface area contributed by atoms with E-state index in [9.17, 15) is 8.78 Å². The molecule has 0 saturated carbocycles. The molecule has 1 heterocycles. The average molecular weight is 457 g/mol. The summed E-state index contributed by atoms with van der Waals surface area (Å²) < 4.78 is 34.9. The van der Waals surface area contributed by atoms with Crippen LogP contribution in [-0.4, -0.2) is 35.9 Å². The smallest absolute Gasteiger partial charge is 0.127 e. The molecule has 0 aliphatic heterocycles. The lowest BCUT2D eigenvalue weighted by Crippen LogP contribution is -2.38. The van der Waals surface area contributed by atoms with E-state index in [1.54, 1.807) is 19.2 Å². The Hall–Kier alpha value is -2.61. The molecule has 0 spiro atoms. The van der Waals surface area contributed by atoms with Gasteiger partial charge in [0.15, 0.2) is 0 Å². The molecule has 2 atom stereocenters.